The molecule has 0 saturated heterocycles. The number of hydrogen-bond donors (Lipinski definition) is 1. The van der Waals surface area contributed by atoms with Crippen molar-refractivity contribution in [1.29, 1.82) is 0 Å². The first-order chi connectivity index (χ1) is 5.79. The van der Waals surface area contributed by atoms with Gasteiger partial charge in [0.15, 0.2) is 11.5 Å². The molecule has 62 valence electrons. The summed E-state index contributed by atoms with van der Waals surface area (Å²) >= 11 is 0. The maximum absolute atomic E-state index is 5.33. The minimum absolute atomic E-state index is 0.707. The van der Waals surface area contributed by atoms with E-state index in [-0.39, 0.29) is 0 Å². The van der Waals surface area contributed by atoms with Crippen molar-refractivity contribution >= 4 is 16.8 Å². The number of benzene rings is 1. The topological polar surface area (TPSA) is 38.1 Å². The minimum Gasteiger partial charge on any atom is -0.441 e. The van der Waals surface area contributed by atoms with E-state index in [0.717, 1.165) is 16.8 Å². The Labute approximate surface area is 70.4 Å². The van der Waals surface area contributed by atoms with E-state index in [0.29, 0.717) is 5.89 Å². The monoisotopic (exact) mass is 162 g/mol. The number of nitrogens with zero attached hydrogens (tertiary/aromatic N) is 1. The van der Waals surface area contributed by atoms with Gasteiger partial charge in [0.1, 0.15) is 5.52 Å². The molecule has 0 fully saturated rings. The van der Waals surface area contributed by atoms with Crippen molar-refractivity contribution < 1.29 is 4.42 Å². The number of hydrogen-bond acceptors (Lipinski definition) is 3. The number of rotatable bonds is 1. The normalized spacial score (nSPS) is 10.5. The van der Waals surface area contributed by atoms with Gasteiger partial charge in [0.2, 0.25) is 0 Å². The standard InChI is InChI=1S/C9H10N2O/c1-6-11-8-5-7(10-2)3-4-9(8)12-6/h3-5,10H,1-2H3. The van der Waals surface area contributed by atoms with Crippen LogP contribution < -0.4 is 5.32 Å². The Hall–Kier alpha value is -1.51. The van der Waals surface area contributed by atoms with Gasteiger partial charge in [-0.2, -0.15) is 0 Å². The van der Waals surface area contributed by atoms with Crippen LogP contribution in [0.4, 0.5) is 5.69 Å². The second-order valence-corrected chi connectivity index (χ2v) is 2.67. The third-order valence-corrected chi connectivity index (χ3v) is 1.78. The Morgan fingerprint density at radius 1 is 1.42 bits per heavy atom. The summed E-state index contributed by atoms with van der Waals surface area (Å²) in [6.45, 7) is 1.85. The molecular weight excluding hydrogens is 152 g/mol. The SMILES string of the molecule is CNc1ccc2oc(C)nc2c1. The van der Waals surface area contributed by atoms with Crippen LogP contribution in [-0.4, -0.2) is 12.0 Å². The summed E-state index contributed by atoms with van der Waals surface area (Å²) in [5.41, 5.74) is 2.79. The molecule has 1 heterocycles. The summed E-state index contributed by atoms with van der Waals surface area (Å²) in [6.07, 6.45) is 0. The van der Waals surface area contributed by atoms with E-state index in [1.165, 1.54) is 0 Å². The van der Waals surface area contributed by atoms with Crippen molar-refractivity contribution in [1.82, 2.24) is 4.98 Å². The van der Waals surface area contributed by atoms with Gasteiger partial charge in [0.05, 0.1) is 0 Å². The largest absolute Gasteiger partial charge is 0.441 e. The zero-order valence-corrected chi connectivity index (χ0v) is 7.09. The summed E-state index contributed by atoms with van der Waals surface area (Å²) in [5, 5.41) is 3.05. The van der Waals surface area contributed by atoms with Crippen molar-refractivity contribution in [3.05, 3.63) is 24.1 Å². The second-order valence-electron chi connectivity index (χ2n) is 2.67. The maximum atomic E-state index is 5.33. The molecule has 0 aliphatic rings. The lowest BCUT2D eigenvalue weighted by molar-refractivity contribution is 0.561. The molecule has 0 spiro atoms. The molecule has 1 aromatic carbocycles. The highest BCUT2D eigenvalue weighted by Gasteiger charge is 2.01. The Bertz CT molecular complexity index is 406. The van der Waals surface area contributed by atoms with Gasteiger partial charge in [-0.25, -0.2) is 4.98 Å². The number of aromatic nitrogens is 1. The first-order valence-electron chi connectivity index (χ1n) is 3.84. The summed E-state index contributed by atoms with van der Waals surface area (Å²) in [4.78, 5) is 4.22. The molecule has 12 heavy (non-hydrogen) atoms. The number of aryl methyl sites for hydroxylation is 1. The molecule has 3 heteroatoms. The lowest BCUT2D eigenvalue weighted by Gasteiger charge is -1.96. The van der Waals surface area contributed by atoms with Crippen LogP contribution in [-0.2, 0) is 0 Å². The molecule has 3 nitrogen and oxygen atoms in total. The number of nitrogens with one attached hydrogen (secondary N) is 1. The molecule has 0 radical (unpaired) electrons. The summed E-state index contributed by atoms with van der Waals surface area (Å²) in [5.74, 6) is 0.707. The van der Waals surface area contributed by atoms with E-state index in [9.17, 15) is 0 Å². The molecule has 0 atom stereocenters. The molecule has 0 unspecified atom stereocenters. The smallest absolute Gasteiger partial charge is 0.192 e. The molecule has 0 aliphatic carbocycles. The van der Waals surface area contributed by atoms with Gasteiger partial charge in [-0.3, -0.25) is 0 Å². The van der Waals surface area contributed by atoms with Crippen LogP contribution >= 0.6 is 0 Å². The highest BCUT2D eigenvalue weighted by Crippen LogP contribution is 2.18. The third-order valence-electron chi connectivity index (χ3n) is 1.78. The molecule has 0 saturated carbocycles. The van der Waals surface area contributed by atoms with Crippen molar-refractivity contribution in [2.45, 2.75) is 6.92 Å². The van der Waals surface area contributed by atoms with E-state index in [1.54, 1.807) is 0 Å². The van der Waals surface area contributed by atoms with Crippen LogP contribution in [0.25, 0.3) is 11.1 Å². The third kappa shape index (κ3) is 1.03. The highest BCUT2D eigenvalue weighted by molar-refractivity contribution is 5.77. The molecule has 2 rings (SSSR count). The van der Waals surface area contributed by atoms with Crippen LogP contribution in [0, 0.1) is 6.92 Å². The maximum Gasteiger partial charge on any atom is 0.192 e. The summed E-state index contributed by atoms with van der Waals surface area (Å²) < 4.78 is 5.33. The van der Waals surface area contributed by atoms with Crippen LogP contribution in [0.2, 0.25) is 0 Å². The van der Waals surface area contributed by atoms with Gasteiger partial charge in [-0.05, 0) is 18.2 Å². The molecule has 1 aromatic heterocycles. The van der Waals surface area contributed by atoms with E-state index < -0.39 is 0 Å². The highest BCUT2D eigenvalue weighted by atomic mass is 16.3. The Kier molecular flexibility index (Phi) is 1.50. The van der Waals surface area contributed by atoms with Gasteiger partial charge in [0.25, 0.3) is 0 Å². The predicted molar refractivity (Wildman–Crippen MR) is 48.3 cm³/mol. The molecule has 2 aromatic rings. The zero-order valence-electron chi connectivity index (χ0n) is 7.09. The van der Waals surface area contributed by atoms with Crippen LogP contribution in [0.3, 0.4) is 0 Å². The van der Waals surface area contributed by atoms with E-state index >= 15 is 0 Å². The first-order valence-corrected chi connectivity index (χ1v) is 3.84. The van der Waals surface area contributed by atoms with Crippen molar-refractivity contribution in [3.63, 3.8) is 0 Å². The minimum atomic E-state index is 0.707. The van der Waals surface area contributed by atoms with Crippen molar-refractivity contribution in [2.75, 3.05) is 12.4 Å². The molecule has 1 N–H and O–H groups in total. The van der Waals surface area contributed by atoms with E-state index in [2.05, 4.69) is 10.3 Å². The Morgan fingerprint density at radius 2 is 2.25 bits per heavy atom. The fourth-order valence-electron chi connectivity index (χ4n) is 1.20. The van der Waals surface area contributed by atoms with Crippen LogP contribution in [0.15, 0.2) is 22.6 Å². The fraction of sp³-hybridized carbons (Fsp3) is 0.222. The van der Waals surface area contributed by atoms with Crippen molar-refractivity contribution in [2.24, 2.45) is 0 Å². The quantitative estimate of drug-likeness (QED) is 0.698. The average Bonchev–Trinajstić information content (AvgIpc) is 2.43. The number of anilines is 1. The summed E-state index contributed by atoms with van der Waals surface area (Å²) in [7, 11) is 1.88. The van der Waals surface area contributed by atoms with Crippen molar-refractivity contribution in [3.8, 4) is 0 Å². The second kappa shape index (κ2) is 2.52. The zero-order chi connectivity index (χ0) is 8.55. The lowest BCUT2D eigenvalue weighted by Crippen LogP contribution is -1.85. The Balaban J connectivity index is 2.66. The predicted octanol–water partition coefficient (Wildman–Crippen LogP) is 2.18. The number of fused-ring (bicyclic) bond motifs is 1. The Morgan fingerprint density at radius 3 is 3.00 bits per heavy atom. The molecule has 0 bridgehead atoms. The van der Waals surface area contributed by atoms with Crippen LogP contribution in [0.1, 0.15) is 5.89 Å². The molecule has 0 amide bonds. The van der Waals surface area contributed by atoms with Gasteiger partial charge in [-0.15, -0.1) is 0 Å². The van der Waals surface area contributed by atoms with Gasteiger partial charge >= 0.3 is 0 Å². The number of oxazole rings is 1. The molecular formula is C9H10N2O. The van der Waals surface area contributed by atoms with E-state index in [1.807, 2.05) is 32.2 Å². The van der Waals surface area contributed by atoms with E-state index in [4.69, 9.17) is 4.42 Å². The molecule has 0 aliphatic heterocycles. The first kappa shape index (κ1) is 7.16. The lowest BCUT2D eigenvalue weighted by atomic mass is 10.3. The average molecular weight is 162 g/mol. The summed E-state index contributed by atoms with van der Waals surface area (Å²) in [6, 6.07) is 5.85. The van der Waals surface area contributed by atoms with Gasteiger partial charge in [0, 0.05) is 19.7 Å². The fourth-order valence-corrected chi connectivity index (χ4v) is 1.20. The van der Waals surface area contributed by atoms with Gasteiger partial charge < -0.3 is 9.73 Å². The van der Waals surface area contributed by atoms with Gasteiger partial charge in [-0.1, -0.05) is 0 Å². The van der Waals surface area contributed by atoms with Crippen LogP contribution in [0.5, 0.6) is 0 Å².